The van der Waals surface area contributed by atoms with Gasteiger partial charge in [-0.2, -0.15) is 52.7 Å². The van der Waals surface area contributed by atoms with Crippen molar-refractivity contribution < 1.29 is 81.5 Å². The second kappa shape index (κ2) is 10.8. The monoisotopic (exact) mass is 652 g/mol. The highest BCUT2D eigenvalue weighted by Gasteiger charge is 2.46. The molecule has 0 atom stereocenters. The van der Waals surface area contributed by atoms with E-state index < -0.39 is 105 Å². The number of benzene rings is 2. The Labute approximate surface area is 232 Å². The number of fused-ring (bicyclic) bond motifs is 2. The highest BCUT2D eigenvalue weighted by Crippen LogP contribution is 2.43. The number of carbonyl (C=O) groups is 6. The minimum absolute atomic E-state index is 0.272. The molecule has 0 saturated heterocycles. The molecule has 0 fully saturated rings. The summed E-state index contributed by atoms with van der Waals surface area (Å²) in [4.78, 5) is 73.3. The molecule has 2 aromatic carbocycles. The number of nitrogens with one attached hydrogen (secondary N) is 4. The molecule has 22 heteroatoms. The van der Waals surface area contributed by atoms with Crippen molar-refractivity contribution >= 4 is 57.9 Å². The van der Waals surface area contributed by atoms with Gasteiger partial charge in [-0.1, -0.05) is 0 Å². The van der Waals surface area contributed by atoms with Crippen LogP contribution in [0.3, 0.4) is 0 Å². The summed E-state index contributed by atoms with van der Waals surface area (Å²) in [5.74, 6) is -15.3. The molecular weight excluding hydrogens is 644 g/mol. The maximum absolute atomic E-state index is 13.5. The van der Waals surface area contributed by atoms with Gasteiger partial charge in [-0.3, -0.25) is 28.8 Å². The molecule has 0 radical (unpaired) electrons. The summed E-state index contributed by atoms with van der Waals surface area (Å²) in [5, 5.41) is 4.38. The Kier molecular flexibility index (Phi) is 8.20. The fraction of sp³-hybridized carbons (Fsp3) is 0.182. The molecule has 0 bridgehead atoms. The molecule has 1 aliphatic carbocycles. The first-order chi connectivity index (χ1) is 19.9. The van der Waals surface area contributed by atoms with E-state index in [1.165, 1.54) is 0 Å². The number of rotatable bonds is 4. The molecule has 0 spiro atoms. The second-order valence-electron chi connectivity index (χ2n) is 8.29. The molecule has 3 rings (SSSR count). The third kappa shape index (κ3) is 6.57. The summed E-state index contributed by atoms with van der Waals surface area (Å²) in [6.07, 6.45) is -22.8. The van der Waals surface area contributed by atoms with E-state index >= 15 is 0 Å². The topological polar surface area (TPSA) is 151 Å². The van der Waals surface area contributed by atoms with Crippen molar-refractivity contribution in [1.29, 1.82) is 0 Å². The molecule has 1 aliphatic rings. The van der Waals surface area contributed by atoms with Crippen LogP contribution < -0.4 is 21.3 Å². The van der Waals surface area contributed by atoms with E-state index in [1.54, 1.807) is 0 Å². The van der Waals surface area contributed by atoms with Crippen molar-refractivity contribution in [2.24, 2.45) is 0 Å². The Morgan fingerprint density at radius 1 is 0.386 bits per heavy atom. The molecule has 44 heavy (non-hydrogen) atoms. The largest absolute Gasteiger partial charge is 0.471 e. The van der Waals surface area contributed by atoms with Crippen LogP contribution in [0.2, 0.25) is 0 Å². The average molecular weight is 652 g/mol. The van der Waals surface area contributed by atoms with Crippen LogP contribution in [0.4, 0.5) is 75.4 Å². The van der Waals surface area contributed by atoms with E-state index in [2.05, 4.69) is 0 Å². The number of alkyl halides is 12. The Balaban J connectivity index is 2.40. The maximum atomic E-state index is 13.5. The highest BCUT2D eigenvalue weighted by atomic mass is 19.4. The molecule has 2 aromatic rings. The number of halogens is 12. The normalized spacial score (nSPS) is 13.5. The number of amides is 4. The Hall–Kier alpha value is -5.18. The van der Waals surface area contributed by atoms with Crippen molar-refractivity contribution in [3.63, 3.8) is 0 Å². The second-order valence-corrected chi connectivity index (χ2v) is 8.29. The van der Waals surface area contributed by atoms with Gasteiger partial charge in [0.2, 0.25) is 0 Å². The van der Waals surface area contributed by atoms with Crippen LogP contribution in [0, 0.1) is 0 Å². The zero-order chi connectivity index (χ0) is 33.7. The lowest BCUT2D eigenvalue weighted by Gasteiger charge is -2.27. The average Bonchev–Trinajstić information content (AvgIpc) is 2.86. The van der Waals surface area contributed by atoms with Crippen molar-refractivity contribution in [1.82, 2.24) is 0 Å². The number of ketones is 2. The van der Waals surface area contributed by atoms with E-state index in [-0.39, 0.29) is 24.3 Å². The summed E-state index contributed by atoms with van der Waals surface area (Å²) < 4.78 is 155. The summed E-state index contributed by atoms with van der Waals surface area (Å²) in [5.41, 5.74) is -11.3. The fourth-order valence-electron chi connectivity index (χ4n) is 3.59. The molecule has 0 aliphatic heterocycles. The maximum Gasteiger partial charge on any atom is 0.471 e. The first-order valence-corrected chi connectivity index (χ1v) is 10.8. The zero-order valence-corrected chi connectivity index (χ0v) is 20.3. The van der Waals surface area contributed by atoms with Crippen LogP contribution in [0.1, 0.15) is 31.8 Å². The smallest absolute Gasteiger partial charge is 0.318 e. The third-order valence-corrected chi connectivity index (χ3v) is 5.34. The first-order valence-electron chi connectivity index (χ1n) is 10.8. The lowest BCUT2D eigenvalue weighted by molar-refractivity contribution is -0.167. The van der Waals surface area contributed by atoms with Crippen LogP contribution >= 0.6 is 0 Å². The highest BCUT2D eigenvalue weighted by molar-refractivity contribution is 6.36. The van der Waals surface area contributed by atoms with E-state index in [4.69, 9.17) is 0 Å². The molecule has 4 N–H and O–H groups in total. The molecule has 0 saturated carbocycles. The van der Waals surface area contributed by atoms with Gasteiger partial charge in [0.25, 0.3) is 0 Å². The quantitative estimate of drug-likeness (QED) is 0.306. The molecule has 0 aromatic heterocycles. The van der Waals surface area contributed by atoms with Gasteiger partial charge in [0.15, 0.2) is 11.6 Å². The molecular formula is C22H8F12N4O6. The van der Waals surface area contributed by atoms with E-state index in [0.29, 0.717) is 0 Å². The molecule has 0 heterocycles. The first kappa shape index (κ1) is 33.3. The summed E-state index contributed by atoms with van der Waals surface area (Å²) in [7, 11) is 0. The molecule has 236 valence electrons. The lowest BCUT2D eigenvalue weighted by atomic mass is 9.80. The van der Waals surface area contributed by atoms with Crippen molar-refractivity contribution in [3.05, 3.63) is 46.5 Å². The van der Waals surface area contributed by atoms with Gasteiger partial charge in [0, 0.05) is 0 Å². The Morgan fingerprint density at radius 2 is 0.545 bits per heavy atom. The van der Waals surface area contributed by atoms with Crippen LogP contribution in [-0.2, 0) is 19.2 Å². The summed E-state index contributed by atoms with van der Waals surface area (Å²) >= 11 is 0. The van der Waals surface area contributed by atoms with E-state index in [0.717, 1.165) is 21.3 Å². The number of carbonyl (C=O) groups excluding carboxylic acids is 6. The number of anilines is 4. The standard InChI is InChI=1S/C22H8F12N4O6/c23-19(24,25)15(41)35-5-1-2-6(36-16(42)20(26,27)28)10-9(5)13(39)11-7(37-17(43)21(29,30)31)3-4-8(12(11)14(10)40)38-18(44)22(32,33)34/h1-4H,(H,35,41)(H,36,42)(H,37,43)(H,38,44). The molecule has 4 amide bonds. The van der Waals surface area contributed by atoms with E-state index in [9.17, 15) is 81.5 Å². The van der Waals surface area contributed by atoms with E-state index in [1.807, 2.05) is 0 Å². The van der Waals surface area contributed by atoms with Gasteiger partial charge in [-0.05, 0) is 24.3 Å². The van der Waals surface area contributed by atoms with Gasteiger partial charge in [0.05, 0.1) is 45.0 Å². The summed E-state index contributed by atoms with van der Waals surface area (Å²) in [6, 6.07) is 1.09. The van der Waals surface area contributed by atoms with Crippen molar-refractivity contribution in [2.75, 3.05) is 21.3 Å². The SMILES string of the molecule is O=C1c2c(NC(=O)C(F)(F)F)ccc(NC(=O)C(F)(F)F)c2C(=O)c2c(NC(=O)C(F)(F)F)ccc(NC(=O)C(F)(F)F)c21. The van der Waals surface area contributed by atoms with Crippen molar-refractivity contribution in [3.8, 4) is 0 Å². The predicted molar refractivity (Wildman–Crippen MR) is 118 cm³/mol. The van der Waals surface area contributed by atoms with Crippen LogP contribution in [-0.4, -0.2) is 59.9 Å². The minimum atomic E-state index is -5.71. The van der Waals surface area contributed by atoms with Gasteiger partial charge in [-0.25, -0.2) is 0 Å². The van der Waals surface area contributed by atoms with Crippen LogP contribution in [0.25, 0.3) is 0 Å². The fourth-order valence-corrected chi connectivity index (χ4v) is 3.59. The van der Waals surface area contributed by atoms with Gasteiger partial charge in [-0.15, -0.1) is 0 Å². The van der Waals surface area contributed by atoms with Gasteiger partial charge in [0.1, 0.15) is 0 Å². The predicted octanol–water partition coefficient (Wildman–Crippen LogP) is 4.47. The van der Waals surface area contributed by atoms with Crippen LogP contribution in [0.5, 0.6) is 0 Å². The Morgan fingerprint density at radius 3 is 0.682 bits per heavy atom. The Bertz CT molecular complexity index is 1390. The third-order valence-electron chi connectivity index (χ3n) is 5.34. The molecule has 10 nitrogen and oxygen atoms in total. The number of hydrogen-bond donors (Lipinski definition) is 4. The van der Waals surface area contributed by atoms with Gasteiger partial charge >= 0.3 is 48.3 Å². The minimum Gasteiger partial charge on any atom is -0.318 e. The molecule has 0 unspecified atom stereocenters. The zero-order valence-electron chi connectivity index (χ0n) is 20.3. The van der Waals surface area contributed by atoms with Crippen molar-refractivity contribution in [2.45, 2.75) is 24.7 Å². The summed E-state index contributed by atoms with van der Waals surface area (Å²) in [6.45, 7) is 0. The lowest BCUT2D eigenvalue weighted by Crippen LogP contribution is -2.36. The number of hydrogen-bond acceptors (Lipinski definition) is 6. The van der Waals surface area contributed by atoms with Gasteiger partial charge < -0.3 is 21.3 Å². The van der Waals surface area contributed by atoms with Crippen LogP contribution in [0.15, 0.2) is 24.3 Å².